The predicted molar refractivity (Wildman–Crippen MR) is 80.4 cm³/mol. The van der Waals surface area contributed by atoms with Crippen LogP contribution in [0.4, 0.5) is 0 Å². The van der Waals surface area contributed by atoms with E-state index in [0.717, 1.165) is 11.1 Å². The number of aliphatic carboxylic acids is 1. The maximum absolute atomic E-state index is 12.2. The normalized spacial score (nSPS) is 13.6. The Morgan fingerprint density at radius 1 is 1.19 bits per heavy atom. The summed E-state index contributed by atoms with van der Waals surface area (Å²) in [6, 6.07) is 4.83. The van der Waals surface area contributed by atoms with E-state index in [1.54, 1.807) is 0 Å². The SMILES string of the molecule is Cc1ccc(C)c(OC(C(=O)NC(C)C(=O)O)C(C)C)c1. The lowest BCUT2D eigenvalue weighted by molar-refractivity contribution is -0.143. The summed E-state index contributed by atoms with van der Waals surface area (Å²) in [5, 5.41) is 11.3. The van der Waals surface area contributed by atoms with Crippen molar-refractivity contribution >= 4 is 11.9 Å². The van der Waals surface area contributed by atoms with Crippen LogP contribution in [0, 0.1) is 19.8 Å². The van der Waals surface area contributed by atoms with Crippen LogP contribution in [-0.4, -0.2) is 29.1 Å². The molecule has 116 valence electrons. The standard InChI is InChI=1S/C16H23NO4/c1-9(2)14(15(18)17-12(5)16(19)20)21-13-8-10(3)6-7-11(13)4/h6-9,12,14H,1-5H3,(H,17,18)(H,19,20). The summed E-state index contributed by atoms with van der Waals surface area (Å²) in [6.45, 7) is 9.00. The van der Waals surface area contributed by atoms with Crippen LogP contribution in [-0.2, 0) is 9.59 Å². The van der Waals surface area contributed by atoms with Crippen molar-refractivity contribution in [2.24, 2.45) is 5.92 Å². The van der Waals surface area contributed by atoms with E-state index in [-0.39, 0.29) is 5.92 Å². The van der Waals surface area contributed by atoms with Crippen molar-refractivity contribution in [3.63, 3.8) is 0 Å². The van der Waals surface area contributed by atoms with E-state index in [1.165, 1.54) is 6.92 Å². The van der Waals surface area contributed by atoms with Gasteiger partial charge in [0.1, 0.15) is 11.8 Å². The first-order valence-electron chi connectivity index (χ1n) is 6.99. The predicted octanol–water partition coefficient (Wildman–Crippen LogP) is 2.30. The van der Waals surface area contributed by atoms with Crippen LogP contribution < -0.4 is 10.1 Å². The molecule has 0 saturated carbocycles. The molecule has 2 atom stereocenters. The van der Waals surface area contributed by atoms with Gasteiger partial charge in [-0.15, -0.1) is 0 Å². The number of benzene rings is 1. The van der Waals surface area contributed by atoms with Crippen LogP contribution in [0.15, 0.2) is 18.2 Å². The molecule has 2 N–H and O–H groups in total. The molecule has 0 radical (unpaired) electrons. The largest absolute Gasteiger partial charge is 0.480 e. The minimum Gasteiger partial charge on any atom is -0.480 e. The van der Waals surface area contributed by atoms with Gasteiger partial charge < -0.3 is 15.2 Å². The number of rotatable bonds is 6. The Hall–Kier alpha value is -2.04. The third-order valence-electron chi connectivity index (χ3n) is 3.19. The summed E-state index contributed by atoms with van der Waals surface area (Å²) in [4.78, 5) is 23.0. The molecule has 0 heterocycles. The van der Waals surface area contributed by atoms with E-state index in [4.69, 9.17) is 9.84 Å². The molecule has 0 fully saturated rings. The van der Waals surface area contributed by atoms with Gasteiger partial charge in [-0.2, -0.15) is 0 Å². The lowest BCUT2D eigenvalue weighted by Crippen LogP contribution is -2.47. The Kier molecular flexibility index (Phi) is 5.76. The van der Waals surface area contributed by atoms with E-state index in [1.807, 2.05) is 45.9 Å². The summed E-state index contributed by atoms with van der Waals surface area (Å²) in [6.07, 6.45) is -0.729. The molecule has 0 aliphatic heterocycles. The van der Waals surface area contributed by atoms with Gasteiger partial charge in [0, 0.05) is 0 Å². The number of carbonyl (C=O) groups is 2. The summed E-state index contributed by atoms with van der Waals surface area (Å²) < 4.78 is 5.82. The number of carboxylic acids is 1. The third kappa shape index (κ3) is 4.77. The van der Waals surface area contributed by atoms with Crippen LogP contribution in [0.2, 0.25) is 0 Å². The first-order valence-corrected chi connectivity index (χ1v) is 6.99. The molecule has 5 nitrogen and oxygen atoms in total. The van der Waals surface area contributed by atoms with Crippen LogP contribution in [0.1, 0.15) is 31.9 Å². The van der Waals surface area contributed by atoms with Crippen LogP contribution >= 0.6 is 0 Å². The Bertz CT molecular complexity index is 525. The third-order valence-corrected chi connectivity index (χ3v) is 3.19. The molecule has 1 aromatic rings. The maximum Gasteiger partial charge on any atom is 0.325 e. The average molecular weight is 293 g/mol. The van der Waals surface area contributed by atoms with Crippen molar-refractivity contribution in [3.05, 3.63) is 29.3 Å². The monoisotopic (exact) mass is 293 g/mol. The number of hydrogen-bond acceptors (Lipinski definition) is 3. The van der Waals surface area contributed by atoms with E-state index >= 15 is 0 Å². The molecule has 0 aliphatic rings. The molecule has 5 heteroatoms. The fourth-order valence-electron chi connectivity index (χ4n) is 1.82. The summed E-state index contributed by atoms with van der Waals surface area (Å²) in [5.74, 6) is -0.920. The molecule has 0 aliphatic carbocycles. The Morgan fingerprint density at radius 3 is 2.33 bits per heavy atom. The first kappa shape index (κ1) is 17.0. The number of nitrogens with one attached hydrogen (secondary N) is 1. The van der Waals surface area contributed by atoms with E-state index in [2.05, 4.69) is 5.32 Å². The van der Waals surface area contributed by atoms with Crippen molar-refractivity contribution in [1.29, 1.82) is 0 Å². The number of amides is 1. The van der Waals surface area contributed by atoms with Crippen molar-refractivity contribution in [1.82, 2.24) is 5.32 Å². The molecule has 1 aromatic carbocycles. The number of aryl methyl sites for hydroxylation is 2. The molecule has 21 heavy (non-hydrogen) atoms. The minimum absolute atomic E-state index is 0.0779. The highest BCUT2D eigenvalue weighted by Crippen LogP contribution is 2.22. The smallest absolute Gasteiger partial charge is 0.325 e. The quantitative estimate of drug-likeness (QED) is 0.844. The van der Waals surface area contributed by atoms with Crippen molar-refractivity contribution in [2.75, 3.05) is 0 Å². The first-order chi connectivity index (χ1) is 9.72. The number of carboxylic acid groups (broad SMARTS) is 1. The Balaban J connectivity index is 2.89. The van der Waals surface area contributed by atoms with Gasteiger partial charge in [-0.05, 0) is 43.9 Å². The molecular weight excluding hydrogens is 270 g/mol. The highest BCUT2D eigenvalue weighted by atomic mass is 16.5. The van der Waals surface area contributed by atoms with Crippen LogP contribution in [0.3, 0.4) is 0 Å². The highest BCUT2D eigenvalue weighted by Gasteiger charge is 2.27. The van der Waals surface area contributed by atoms with Gasteiger partial charge in [0.05, 0.1) is 0 Å². The van der Waals surface area contributed by atoms with Crippen molar-refractivity contribution < 1.29 is 19.4 Å². The molecule has 0 aromatic heterocycles. The second-order valence-electron chi connectivity index (χ2n) is 5.62. The molecule has 0 saturated heterocycles. The average Bonchev–Trinajstić information content (AvgIpc) is 2.38. The highest BCUT2D eigenvalue weighted by molar-refractivity contribution is 5.86. The lowest BCUT2D eigenvalue weighted by atomic mass is 10.1. The zero-order valence-corrected chi connectivity index (χ0v) is 13.1. The Labute approximate surface area is 125 Å². The fourth-order valence-corrected chi connectivity index (χ4v) is 1.82. The van der Waals surface area contributed by atoms with Crippen molar-refractivity contribution in [3.8, 4) is 5.75 Å². The number of hydrogen-bond donors (Lipinski definition) is 2. The number of carbonyl (C=O) groups excluding carboxylic acids is 1. The topological polar surface area (TPSA) is 75.6 Å². The molecular formula is C16H23NO4. The Morgan fingerprint density at radius 2 is 1.81 bits per heavy atom. The minimum atomic E-state index is -1.07. The molecule has 1 rings (SSSR count). The van der Waals surface area contributed by atoms with E-state index < -0.39 is 24.0 Å². The molecule has 1 amide bonds. The van der Waals surface area contributed by atoms with Gasteiger partial charge in [-0.1, -0.05) is 26.0 Å². The summed E-state index contributed by atoms with van der Waals surface area (Å²) in [7, 11) is 0. The molecule has 0 bridgehead atoms. The van der Waals surface area contributed by atoms with E-state index in [0.29, 0.717) is 5.75 Å². The summed E-state index contributed by atoms with van der Waals surface area (Å²) in [5.41, 5.74) is 1.97. The van der Waals surface area contributed by atoms with Crippen molar-refractivity contribution in [2.45, 2.75) is 46.8 Å². The fraction of sp³-hybridized carbons (Fsp3) is 0.500. The summed E-state index contributed by atoms with van der Waals surface area (Å²) >= 11 is 0. The van der Waals surface area contributed by atoms with Crippen LogP contribution in [0.5, 0.6) is 5.75 Å². The molecule has 2 unspecified atom stereocenters. The second-order valence-corrected chi connectivity index (χ2v) is 5.62. The second kappa shape index (κ2) is 7.11. The van der Waals surface area contributed by atoms with Gasteiger partial charge >= 0.3 is 5.97 Å². The lowest BCUT2D eigenvalue weighted by Gasteiger charge is -2.24. The maximum atomic E-state index is 12.2. The van der Waals surface area contributed by atoms with Gasteiger partial charge in [0.15, 0.2) is 6.10 Å². The zero-order valence-electron chi connectivity index (χ0n) is 13.1. The van der Waals surface area contributed by atoms with E-state index in [9.17, 15) is 9.59 Å². The zero-order chi connectivity index (χ0) is 16.2. The van der Waals surface area contributed by atoms with Gasteiger partial charge in [0.25, 0.3) is 5.91 Å². The molecule has 0 spiro atoms. The van der Waals surface area contributed by atoms with Gasteiger partial charge in [0.2, 0.25) is 0 Å². The number of ether oxygens (including phenoxy) is 1. The van der Waals surface area contributed by atoms with Gasteiger partial charge in [-0.25, -0.2) is 0 Å². The van der Waals surface area contributed by atoms with Crippen LogP contribution in [0.25, 0.3) is 0 Å². The van der Waals surface area contributed by atoms with Gasteiger partial charge in [-0.3, -0.25) is 9.59 Å².